The first kappa shape index (κ1) is 16.0. The van der Waals surface area contributed by atoms with Crippen LogP contribution in [0.15, 0.2) is 30.5 Å². The maximum absolute atomic E-state index is 11.3. The van der Waals surface area contributed by atoms with Crippen LogP contribution in [0.5, 0.6) is 11.8 Å². The number of benzene rings is 1. The van der Waals surface area contributed by atoms with E-state index in [1.807, 2.05) is 0 Å². The molecule has 0 atom stereocenters. The molecule has 1 aromatic carbocycles. The van der Waals surface area contributed by atoms with Gasteiger partial charge in [-0.05, 0) is 29.3 Å². The minimum absolute atomic E-state index is 0.0932. The van der Waals surface area contributed by atoms with E-state index in [4.69, 9.17) is 32.7 Å². The number of aromatic nitrogens is 3. The van der Waals surface area contributed by atoms with E-state index >= 15 is 0 Å². The molecule has 0 unspecified atom stereocenters. The Morgan fingerprint density at radius 3 is 2.41 bits per heavy atom. The van der Waals surface area contributed by atoms with E-state index in [-0.39, 0.29) is 33.5 Å². The average molecular weight is 342 g/mol. The first-order valence-corrected chi connectivity index (χ1v) is 6.57. The van der Waals surface area contributed by atoms with Gasteiger partial charge in [0.15, 0.2) is 0 Å². The molecule has 0 fully saturated rings. The highest BCUT2D eigenvalue weighted by atomic mass is 35.5. The number of nitrogens with zero attached hydrogens (tertiary/aromatic N) is 3. The predicted octanol–water partition coefficient (Wildman–Crippen LogP) is 3.04. The summed E-state index contributed by atoms with van der Waals surface area (Å²) in [6.07, 6.45) is 1.10. The van der Waals surface area contributed by atoms with Gasteiger partial charge in [-0.15, -0.1) is 0 Å². The lowest BCUT2D eigenvalue weighted by Gasteiger charge is -2.10. The molecule has 0 aliphatic heterocycles. The van der Waals surface area contributed by atoms with E-state index in [9.17, 15) is 9.90 Å². The molecule has 2 aromatic rings. The normalized spacial score (nSPS) is 11.1. The number of carboxylic acids is 1. The number of ether oxygens (including phenoxy) is 2. The monoisotopic (exact) mass is 341 g/mol. The minimum atomic E-state index is -1.18. The van der Waals surface area contributed by atoms with Gasteiger partial charge in [0.25, 0.3) is 0 Å². The fourth-order valence-electron chi connectivity index (χ4n) is 1.58. The van der Waals surface area contributed by atoms with Crippen LogP contribution in [0.2, 0.25) is 10.6 Å². The Labute approximate surface area is 135 Å². The van der Waals surface area contributed by atoms with Gasteiger partial charge in [-0.3, -0.25) is 0 Å². The van der Waals surface area contributed by atoms with Crippen LogP contribution < -0.4 is 4.74 Å². The summed E-state index contributed by atoms with van der Waals surface area (Å²) in [5.41, 5.74) is 0.189. The number of rotatable bonds is 5. The van der Waals surface area contributed by atoms with Crippen LogP contribution in [0.4, 0.5) is 0 Å². The van der Waals surface area contributed by atoms with Gasteiger partial charge in [0.2, 0.25) is 10.6 Å². The Balaban J connectivity index is 2.44. The van der Waals surface area contributed by atoms with Gasteiger partial charge in [-0.1, -0.05) is 18.2 Å². The lowest BCUT2D eigenvalue weighted by atomic mass is 10.1. The van der Waals surface area contributed by atoms with Crippen LogP contribution in [0.1, 0.15) is 5.56 Å². The molecular weight excluding hydrogens is 333 g/mol. The minimum Gasteiger partial charge on any atom is -0.503 e. The molecule has 7 nitrogen and oxygen atoms in total. The van der Waals surface area contributed by atoms with Crippen molar-refractivity contribution >= 4 is 34.7 Å². The summed E-state index contributed by atoms with van der Waals surface area (Å²) in [5.74, 6) is -0.976. The molecule has 0 radical (unpaired) electrons. The fourth-order valence-corrected chi connectivity index (χ4v) is 1.93. The lowest BCUT2D eigenvalue weighted by Crippen LogP contribution is -2.03. The highest BCUT2D eigenvalue weighted by Crippen LogP contribution is 2.29. The van der Waals surface area contributed by atoms with Crippen molar-refractivity contribution in [1.82, 2.24) is 15.0 Å². The van der Waals surface area contributed by atoms with Gasteiger partial charge in [0.1, 0.15) is 11.3 Å². The number of carbonyl (C=O) groups is 1. The molecule has 0 aliphatic carbocycles. The summed E-state index contributed by atoms with van der Waals surface area (Å²) in [7, 11) is 1.35. The standard InChI is InChI=1S/C13H9Cl2N3O4/c1-21-6-8(10(19)20)7-4-2-3-5-9(7)22-13-17-11(14)16-12(15)18-13/h2-6H,1H3,(H,19,20). The predicted molar refractivity (Wildman–Crippen MR) is 79.0 cm³/mol. The molecule has 114 valence electrons. The van der Waals surface area contributed by atoms with Crippen molar-refractivity contribution in [2.45, 2.75) is 0 Å². The topological polar surface area (TPSA) is 94.4 Å². The summed E-state index contributed by atoms with van der Waals surface area (Å²) in [6.45, 7) is 0. The van der Waals surface area contributed by atoms with E-state index in [0.29, 0.717) is 0 Å². The van der Waals surface area contributed by atoms with Gasteiger partial charge in [-0.2, -0.15) is 15.0 Å². The highest BCUT2D eigenvalue weighted by molar-refractivity contribution is 6.31. The van der Waals surface area contributed by atoms with Crippen molar-refractivity contribution in [2.24, 2.45) is 0 Å². The van der Waals surface area contributed by atoms with E-state index in [1.54, 1.807) is 24.3 Å². The Bertz CT molecular complexity index is 717. The van der Waals surface area contributed by atoms with E-state index in [1.165, 1.54) is 7.11 Å². The molecule has 0 bridgehead atoms. The number of carboxylic acid groups (broad SMARTS) is 1. The highest BCUT2D eigenvalue weighted by Gasteiger charge is 2.17. The van der Waals surface area contributed by atoms with Crippen molar-refractivity contribution in [3.8, 4) is 11.8 Å². The number of methoxy groups -OCH3 is 1. The summed E-state index contributed by atoms with van der Waals surface area (Å²) in [4.78, 5) is 22.4. The van der Waals surface area contributed by atoms with Crippen LogP contribution in [0.3, 0.4) is 0 Å². The molecule has 9 heteroatoms. The number of aliphatic carboxylic acids is 1. The van der Waals surface area contributed by atoms with Gasteiger partial charge in [0, 0.05) is 5.56 Å². The first-order valence-electron chi connectivity index (χ1n) is 5.82. The van der Waals surface area contributed by atoms with Crippen LogP contribution in [-0.2, 0) is 9.53 Å². The molecule has 0 saturated heterocycles. The van der Waals surface area contributed by atoms with Crippen LogP contribution >= 0.6 is 23.2 Å². The summed E-state index contributed by atoms with van der Waals surface area (Å²) in [5, 5.41) is 8.97. The second-order valence-electron chi connectivity index (χ2n) is 3.83. The molecule has 1 heterocycles. The third-order valence-electron chi connectivity index (χ3n) is 2.40. The van der Waals surface area contributed by atoms with Gasteiger partial charge in [-0.25, -0.2) is 4.79 Å². The third-order valence-corrected chi connectivity index (χ3v) is 2.74. The Morgan fingerprint density at radius 1 is 1.18 bits per heavy atom. The average Bonchev–Trinajstić information content (AvgIpc) is 2.44. The largest absolute Gasteiger partial charge is 0.503 e. The first-order chi connectivity index (χ1) is 10.5. The number of hydrogen-bond donors (Lipinski definition) is 1. The zero-order chi connectivity index (χ0) is 16.1. The SMILES string of the molecule is COC=C(C(=O)O)c1ccccc1Oc1nc(Cl)nc(Cl)n1. The molecule has 0 aliphatic rings. The maximum atomic E-state index is 11.3. The molecule has 1 aromatic heterocycles. The van der Waals surface area contributed by atoms with Crippen LogP contribution in [0.25, 0.3) is 5.57 Å². The number of halogens is 2. The van der Waals surface area contributed by atoms with E-state index < -0.39 is 5.97 Å². The van der Waals surface area contributed by atoms with Crippen molar-refractivity contribution in [1.29, 1.82) is 0 Å². The molecule has 1 N–H and O–H groups in total. The Hall–Kier alpha value is -2.38. The quantitative estimate of drug-likeness (QED) is 0.659. The summed E-state index contributed by atoms with van der Waals surface area (Å²) in [6, 6.07) is 6.27. The molecule has 0 saturated carbocycles. The molecule has 2 rings (SSSR count). The smallest absolute Gasteiger partial charge is 0.339 e. The number of para-hydroxylation sites is 1. The fraction of sp³-hybridized carbons (Fsp3) is 0.0769. The summed E-state index contributed by atoms with van der Waals surface area (Å²) < 4.78 is 10.2. The maximum Gasteiger partial charge on any atom is 0.339 e. The zero-order valence-electron chi connectivity index (χ0n) is 11.2. The molecule has 22 heavy (non-hydrogen) atoms. The summed E-state index contributed by atoms with van der Waals surface area (Å²) >= 11 is 11.3. The van der Waals surface area contributed by atoms with Crippen molar-refractivity contribution in [3.05, 3.63) is 46.7 Å². The molecule has 0 amide bonds. The second kappa shape index (κ2) is 7.06. The van der Waals surface area contributed by atoms with Gasteiger partial charge < -0.3 is 14.6 Å². The van der Waals surface area contributed by atoms with Crippen LogP contribution in [0, 0.1) is 0 Å². The van der Waals surface area contributed by atoms with E-state index in [0.717, 1.165) is 6.26 Å². The van der Waals surface area contributed by atoms with Crippen molar-refractivity contribution in [2.75, 3.05) is 7.11 Å². The second-order valence-corrected chi connectivity index (χ2v) is 4.50. The Morgan fingerprint density at radius 2 is 1.82 bits per heavy atom. The number of hydrogen-bond acceptors (Lipinski definition) is 6. The molecular formula is C13H9Cl2N3O4. The van der Waals surface area contributed by atoms with Crippen LogP contribution in [-0.4, -0.2) is 33.1 Å². The van der Waals surface area contributed by atoms with Gasteiger partial charge >= 0.3 is 12.0 Å². The van der Waals surface area contributed by atoms with Crippen molar-refractivity contribution < 1.29 is 19.4 Å². The third kappa shape index (κ3) is 3.84. The molecule has 0 spiro atoms. The Kier molecular flexibility index (Phi) is 5.13. The lowest BCUT2D eigenvalue weighted by molar-refractivity contribution is -0.130. The van der Waals surface area contributed by atoms with Crippen molar-refractivity contribution in [3.63, 3.8) is 0 Å². The van der Waals surface area contributed by atoms with E-state index in [2.05, 4.69) is 15.0 Å². The zero-order valence-corrected chi connectivity index (χ0v) is 12.7. The van der Waals surface area contributed by atoms with Gasteiger partial charge in [0.05, 0.1) is 13.4 Å².